The van der Waals surface area contributed by atoms with E-state index in [1.807, 2.05) is 24.3 Å². The van der Waals surface area contributed by atoms with Crippen molar-refractivity contribution in [1.82, 2.24) is 4.98 Å². The van der Waals surface area contributed by atoms with Crippen LogP contribution in [0.4, 0.5) is 5.13 Å². The number of rotatable bonds is 4. The summed E-state index contributed by atoms with van der Waals surface area (Å²) in [6.07, 6.45) is 1.24. The molecule has 1 fully saturated rings. The minimum absolute atomic E-state index is 0.336. The van der Waals surface area contributed by atoms with Crippen LogP contribution in [-0.2, 0) is 9.84 Å². The third-order valence-electron chi connectivity index (χ3n) is 4.84. The SMILES string of the molecule is O=S(=O)(c1cccc(Br)c1)C1CCN(c2nc(-c3ccccc3)cs2)CC1. The van der Waals surface area contributed by atoms with E-state index in [9.17, 15) is 8.42 Å². The lowest BCUT2D eigenvalue weighted by molar-refractivity contribution is 0.529. The summed E-state index contributed by atoms with van der Waals surface area (Å²) < 4.78 is 26.6. The van der Waals surface area contributed by atoms with E-state index in [1.165, 1.54) is 0 Å². The maximum Gasteiger partial charge on any atom is 0.185 e. The number of hydrogen-bond donors (Lipinski definition) is 0. The van der Waals surface area contributed by atoms with Crippen LogP contribution in [0.15, 0.2) is 69.3 Å². The third kappa shape index (κ3) is 3.95. The van der Waals surface area contributed by atoms with Crippen LogP contribution in [0.3, 0.4) is 0 Å². The highest BCUT2D eigenvalue weighted by molar-refractivity contribution is 9.10. The number of piperidine rings is 1. The van der Waals surface area contributed by atoms with E-state index in [1.54, 1.807) is 29.5 Å². The Hall–Kier alpha value is -1.70. The highest BCUT2D eigenvalue weighted by Gasteiger charge is 2.32. The number of nitrogens with zero attached hydrogens (tertiary/aromatic N) is 2. The van der Waals surface area contributed by atoms with Crippen molar-refractivity contribution in [2.45, 2.75) is 23.0 Å². The molecule has 0 bridgehead atoms. The molecule has 2 aromatic carbocycles. The van der Waals surface area contributed by atoms with E-state index < -0.39 is 9.84 Å². The van der Waals surface area contributed by atoms with Gasteiger partial charge in [-0.15, -0.1) is 11.3 Å². The smallest absolute Gasteiger partial charge is 0.185 e. The topological polar surface area (TPSA) is 50.3 Å². The first kappa shape index (κ1) is 18.7. The normalized spacial score (nSPS) is 15.8. The van der Waals surface area contributed by atoms with Gasteiger partial charge in [0.1, 0.15) is 0 Å². The van der Waals surface area contributed by atoms with Gasteiger partial charge < -0.3 is 4.90 Å². The third-order valence-corrected chi connectivity index (χ3v) is 8.49. The van der Waals surface area contributed by atoms with Gasteiger partial charge in [0.25, 0.3) is 0 Å². The standard InChI is InChI=1S/C20H19BrN2O2S2/c21-16-7-4-8-18(13-16)27(24,25)17-9-11-23(12-10-17)20-22-19(14-26-20)15-5-2-1-3-6-15/h1-8,13-14,17H,9-12H2. The van der Waals surface area contributed by atoms with Crippen molar-refractivity contribution in [3.8, 4) is 11.3 Å². The van der Waals surface area contributed by atoms with Crippen molar-refractivity contribution in [3.63, 3.8) is 0 Å². The summed E-state index contributed by atoms with van der Waals surface area (Å²) in [5.74, 6) is 0. The molecule has 1 saturated heterocycles. The largest absolute Gasteiger partial charge is 0.348 e. The zero-order chi connectivity index (χ0) is 18.9. The van der Waals surface area contributed by atoms with Crippen LogP contribution in [0.5, 0.6) is 0 Å². The van der Waals surface area contributed by atoms with Gasteiger partial charge in [0.2, 0.25) is 0 Å². The van der Waals surface area contributed by atoms with Gasteiger partial charge in [-0.25, -0.2) is 13.4 Å². The molecular weight excluding hydrogens is 444 g/mol. The summed E-state index contributed by atoms with van der Waals surface area (Å²) in [5, 5.41) is 2.69. The number of thiazole rings is 1. The van der Waals surface area contributed by atoms with Gasteiger partial charge in [-0.1, -0.05) is 52.3 Å². The molecule has 0 unspecified atom stereocenters. The zero-order valence-electron chi connectivity index (χ0n) is 14.6. The zero-order valence-corrected chi connectivity index (χ0v) is 17.8. The van der Waals surface area contributed by atoms with Crippen LogP contribution in [0.2, 0.25) is 0 Å². The van der Waals surface area contributed by atoms with E-state index in [2.05, 4.69) is 38.3 Å². The fraction of sp³-hybridized carbons (Fsp3) is 0.250. The fourth-order valence-electron chi connectivity index (χ4n) is 3.34. The average Bonchev–Trinajstić information content (AvgIpc) is 3.19. The van der Waals surface area contributed by atoms with E-state index in [-0.39, 0.29) is 5.25 Å². The lowest BCUT2D eigenvalue weighted by Gasteiger charge is -2.31. The first-order valence-corrected chi connectivity index (χ1v) is 12.0. The first-order chi connectivity index (χ1) is 13.0. The maximum atomic E-state index is 12.9. The van der Waals surface area contributed by atoms with Crippen LogP contribution in [-0.4, -0.2) is 31.7 Å². The van der Waals surface area contributed by atoms with Crippen molar-refractivity contribution < 1.29 is 8.42 Å². The van der Waals surface area contributed by atoms with Gasteiger partial charge in [-0.3, -0.25) is 0 Å². The molecule has 0 saturated carbocycles. The predicted octanol–water partition coefficient (Wildman–Crippen LogP) is 5.02. The van der Waals surface area contributed by atoms with Gasteiger partial charge in [-0.05, 0) is 31.0 Å². The molecule has 7 heteroatoms. The minimum atomic E-state index is -3.30. The summed E-state index contributed by atoms with van der Waals surface area (Å²) in [5.41, 5.74) is 2.08. The molecule has 4 rings (SSSR count). The lowest BCUT2D eigenvalue weighted by atomic mass is 10.1. The van der Waals surface area contributed by atoms with Crippen molar-refractivity contribution in [2.75, 3.05) is 18.0 Å². The highest BCUT2D eigenvalue weighted by Crippen LogP contribution is 2.32. The Bertz CT molecular complexity index is 1030. The van der Waals surface area contributed by atoms with Crippen LogP contribution >= 0.6 is 27.3 Å². The number of halogens is 1. The number of aromatic nitrogens is 1. The lowest BCUT2D eigenvalue weighted by Crippen LogP contribution is -2.39. The molecule has 1 aromatic heterocycles. The second-order valence-electron chi connectivity index (χ2n) is 6.57. The van der Waals surface area contributed by atoms with Crippen molar-refractivity contribution in [1.29, 1.82) is 0 Å². The summed E-state index contributed by atoms with van der Waals surface area (Å²) in [6.45, 7) is 1.42. The van der Waals surface area contributed by atoms with Crippen molar-refractivity contribution >= 4 is 42.2 Å². The molecule has 27 heavy (non-hydrogen) atoms. The van der Waals surface area contributed by atoms with Crippen LogP contribution in [0.1, 0.15) is 12.8 Å². The Kier molecular flexibility index (Phi) is 5.34. The first-order valence-electron chi connectivity index (χ1n) is 8.79. The summed E-state index contributed by atoms with van der Waals surface area (Å²) >= 11 is 4.98. The summed E-state index contributed by atoms with van der Waals surface area (Å²) in [6, 6.07) is 17.1. The number of benzene rings is 2. The molecule has 4 nitrogen and oxygen atoms in total. The second kappa shape index (κ2) is 7.73. The summed E-state index contributed by atoms with van der Waals surface area (Å²) in [4.78, 5) is 7.35. The fourth-order valence-corrected chi connectivity index (χ4v) is 6.56. The Morgan fingerprint density at radius 2 is 1.78 bits per heavy atom. The van der Waals surface area contributed by atoms with E-state index >= 15 is 0 Å². The van der Waals surface area contributed by atoms with Gasteiger partial charge in [0.15, 0.2) is 15.0 Å². The molecule has 0 amide bonds. The minimum Gasteiger partial charge on any atom is -0.348 e. The molecule has 1 aliphatic heterocycles. The van der Waals surface area contributed by atoms with Crippen molar-refractivity contribution in [3.05, 3.63) is 64.5 Å². The van der Waals surface area contributed by atoms with Crippen LogP contribution in [0, 0.1) is 0 Å². The van der Waals surface area contributed by atoms with Gasteiger partial charge in [-0.2, -0.15) is 0 Å². The Balaban J connectivity index is 1.46. The van der Waals surface area contributed by atoms with Crippen LogP contribution in [0.25, 0.3) is 11.3 Å². The molecular formula is C20H19BrN2O2S2. The quantitative estimate of drug-likeness (QED) is 0.546. The molecule has 1 aliphatic rings. The second-order valence-corrected chi connectivity index (χ2v) is 10.6. The van der Waals surface area contributed by atoms with Gasteiger partial charge >= 0.3 is 0 Å². The van der Waals surface area contributed by atoms with Gasteiger partial charge in [0.05, 0.1) is 15.8 Å². The Morgan fingerprint density at radius 1 is 1.04 bits per heavy atom. The van der Waals surface area contributed by atoms with E-state index in [0.29, 0.717) is 30.8 Å². The van der Waals surface area contributed by atoms with Crippen LogP contribution < -0.4 is 4.90 Å². The Morgan fingerprint density at radius 3 is 2.48 bits per heavy atom. The van der Waals surface area contributed by atoms with Crippen molar-refractivity contribution in [2.24, 2.45) is 0 Å². The molecule has 140 valence electrons. The summed E-state index contributed by atoms with van der Waals surface area (Å²) in [7, 11) is -3.30. The molecule has 2 heterocycles. The molecule has 0 radical (unpaired) electrons. The number of sulfone groups is 1. The average molecular weight is 463 g/mol. The Labute approximate surface area is 171 Å². The highest BCUT2D eigenvalue weighted by atomic mass is 79.9. The van der Waals surface area contributed by atoms with E-state index in [4.69, 9.17) is 4.98 Å². The maximum absolute atomic E-state index is 12.9. The number of anilines is 1. The molecule has 3 aromatic rings. The molecule has 0 aliphatic carbocycles. The molecule has 0 atom stereocenters. The number of hydrogen-bond acceptors (Lipinski definition) is 5. The van der Waals surface area contributed by atoms with E-state index in [0.717, 1.165) is 20.9 Å². The predicted molar refractivity (Wildman–Crippen MR) is 114 cm³/mol. The molecule has 0 N–H and O–H groups in total. The monoisotopic (exact) mass is 462 g/mol. The van der Waals surface area contributed by atoms with Gasteiger partial charge in [0, 0.05) is 28.5 Å². The molecule has 0 spiro atoms.